The predicted octanol–water partition coefficient (Wildman–Crippen LogP) is 0.467. The molecule has 7 heteroatoms. The Bertz CT molecular complexity index is 605. The minimum Gasteiger partial charge on any atom is -0.355 e. The van der Waals surface area contributed by atoms with Crippen molar-refractivity contribution < 1.29 is 13.2 Å². The highest BCUT2D eigenvalue weighted by atomic mass is 32.2. The number of benzene rings is 1. The molecular weight excluding hydrogens is 290 g/mol. The third-order valence-corrected chi connectivity index (χ3v) is 5.40. The molecule has 1 aromatic rings. The monoisotopic (exact) mass is 311 g/mol. The molecule has 6 nitrogen and oxygen atoms in total. The molecule has 2 rings (SSSR count). The van der Waals surface area contributed by atoms with Crippen molar-refractivity contribution in [2.24, 2.45) is 0 Å². The summed E-state index contributed by atoms with van der Waals surface area (Å²) in [7, 11) is -2.04. The Kier molecular flexibility index (Phi) is 4.65. The summed E-state index contributed by atoms with van der Waals surface area (Å²) in [5.74, 6) is -0.239. The van der Waals surface area contributed by atoms with Crippen LogP contribution in [0.5, 0.6) is 0 Å². The smallest absolute Gasteiger partial charge is 0.251 e. The molecule has 0 spiro atoms. The molecule has 1 heterocycles. The SMILES string of the molecule is CNC(=O)c1ccc(S(=O)(=O)NC2(C)CCNCC2)cc1. The number of sulfonamides is 1. The molecule has 0 aliphatic carbocycles. The summed E-state index contributed by atoms with van der Waals surface area (Å²) in [6.45, 7) is 3.52. The van der Waals surface area contributed by atoms with Crippen LogP contribution >= 0.6 is 0 Å². The van der Waals surface area contributed by atoms with Gasteiger partial charge in [0.2, 0.25) is 10.0 Å². The summed E-state index contributed by atoms with van der Waals surface area (Å²) in [6, 6.07) is 5.94. The summed E-state index contributed by atoms with van der Waals surface area (Å²) >= 11 is 0. The molecule has 1 saturated heterocycles. The molecular formula is C14H21N3O3S. The van der Waals surface area contributed by atoms with Gasteiger partial charge >= 0.3 is 0 Å². The number of rotatable bonds is 4. The zero-order valence-electron chi connectivity index (χ0n) is 12.3. The van der Waals surface area contributed by atoms with Crippen LogP contribution in [0.25, 0.3) is 0 Å². The summed E-state index contributed by atoms with van der Waals surface area (Å²) in [5, 5.41) is 5.71. The zero-order valence-corrected chi connectivity index (χ0v) is 13.1. The molecule has 0 atom stereocenters. The van der Waals surface area contributed by atoms with E-state index in [0.717, 1.165) is 25.9 Å². The van der Waals surface area contributed by atoms with Crippen molar-refractivity contribution >= 4 is 15.9 Å². The van der Waals surface area contributed by atoms with Gasteiger partial charge in [-0.2, -0.15) is 0 Å². The van der Waals surface area contributed by atoms with Crippen molar-refractivity contribution in [2.75, 3.05) is 20.1 Å². The standard InChI is InChI=1S/C14H21N3O3S/c1-14(7-9-16-10-8-14)17-21(19,20)12-5-3-11(4-6-12)13(18)15-2/h3-6,16-17H,7-10H2,1-2H3,(H,15,18). The van der Waals surface area contributed by atoms with Crippen molar-refractivity contribution in [3.8, 4) is 0 Å². The molecule has 0 saturated carbocycles. The van der Waals surface area contributed by atoms with Crippen molar-refractivity contribution in [1.82, 2.24) is 15.4 Å². The summed E-state index contributed by atoms with van der Waals surface area (Å²) in [5.41, 5.74) is 0.00771. The molecule has 21 heavy (non-hydrogen) atoms. The number of hydrogen-bond acceptors (Lipinski definition) is 4. The van der Waals surface area contributed by atoms with Crippen LogP contribution in [0.2, 0.25) is 0 Å². The first-order valence-corrected chi connectivity index (χ1v) is 8.41. The number of carbonyl (C=O) groups is 1. The first-order valence-electron chi connectivity index (χ1n) is 6.93. The number of nitrogens with one attached hydrogen (secondary N) is 3. The van der Waals surface area contributed by atoms with Gasteiger partial charge in [-0.05, 0) is 57.1 Å². The van der Waals surface area contributed by atoms with E-state index in [1.54, 1.807) is 0 Å². The second-order valence-corrected chi connectivity index (χ2v) is 7.20. The van der Waals surface area contributed by atoms with E-state index >= 15 is 0 Å². The summed E-state index contributed by atoms with van der Waals surface area (Å²) in [4.78, 5) is 11.6. The van der Waals surface area contributed by atoms with E-state index in [4.69, 9.17) is 0 Å². The lowest BCUT2D eigenvalue weighted by Gasteiger charge is -2.34. The Labute approximate surface area is 125 Å². The van der Waals surface area contributed by atoms with Gasteiger partial charge in [-0.1, -0.05) is 0 Å². The Hall–Kier alpha value is -1.44. The Morgan fingerprint density at radius 1 is 1.19 bits per heavy atom. The van der Waals surface area contributed by atoms with Crippen LogP contribution in [0.15, 0.2) is 29.2 Å². The maximum Gasteiger partial charge on any atom is 0.251 e. The van der Waals surface area contributed by atoms with Crippen LogP contribution in [0, 0.1) is 0 Å². The quantitative estimate of drug-likeness (QED) is 0.754. The van der Waals surface area contributed by atoms with Crippen LogP contribution in [0.4, 0.5) is 0 Å². The van der Waals surface area contributed by atoms with Crippen LogP contribution in [-0.2, 0) is 10.0 Å². The van der Waals surface area contributed by atoms with E-state index < -0.39 is 15.6 Å². The van der Waals surface area contributed by atoms with E-state index in [-0.39, 0.29) is 10.8 Å². The Balaban J connectivity index is 2.17. The topological polar surface area (TPSA) is 87.3 Å². The molecule has 1 fully saturated rings. The van der Waals surface area contributed by atoms with Crippen LogP contribution in [0.3, 0.4) is 0 Å². The lowest BCUT2D eigenvalue weighted by atomic mass is 9.92. The van der Waals surface area contributed by atoms with Gasteiger partial charge in [-0.25, -0.2) is 13.1 Å². The number of carbonyl (C=O) groups excluding carboxylic acids is 1. The fourth-order valence-electron chi connectivity index (χ4n) is 2.39. The fourth-order valence-corrected chi connectivity index (χ4v) is 3.86. The fraction of sp³-hybridized carbons (Fsp3) is 0.500. The molecule has 0 radical (unpaired) electrons. The van der Waals surface area contributed by atoms with E-state index in [0.29, 0.717) is 5.56 Å². The number of amides is 1. The predicted molar refractivity (Wildman–Crippen MR) is 80.7 cm³/mol. The molecule has 1 aliphatic heterocycles. The molecule has 0 aromatic heterocycles. The molecule has 1 amide bonds. The third-order valence-electron chi connectivity index (χ3n) is 3.74. The second kappa shape index (κ2) is 6.13. The van der Waals surface area contributed by atoms with Gasteiger partial charge in [-0.15, -0.1) is 0 Å². The van der Waals surface area contributed by atoms with Gasteiger partial charge in [0.15, 0.2) is 0 Å². The lowest BCUT2D eigenvalue weighted by Crippen LogP contribution is -2.52. The van der Waals surface area contributed by atoms with Crippen molar-refractivity contribution in [2.45, 2.75) is 30.2 Å². The van der Waals surface area contributed by atoms with Crippen molar-refractivity contribution in [3.05, 3.63) is 29.8 Å². The van der Waals surface area contributed by atoms with Gasteiger partial charge in [-0.3, -0.25) is 4.79 Å². The first-order chi connectivity index (χ1) is 9.86. The van der Waals surface area contributed by atoms with E-state index in [1.165, 1.54) is 31.3 Å². The maximum absolute atomic E-state index is 12.4. The van der Waals surface area contributed by atoms with Gasteiger partial charge < -0.3 is 10.6 Å². The van der Waals surface area contributed by atoms with E-state index in [2.05, 4.69) is 15.4 Å². The van der Waals surface area contributed by atoms with Gasteiger partial charge in [0, 0.05) is 18.2 Å². The van der Waals surface area contributed by atoms with Crippen LogP contribution in [0.1, 0.15) is 30.1 Å². The normalized spacial score (nSPS) is 18.2. The van der Waals surface area contributed by atoms with Gasteiger partial charge in [0.05, 0.1) is 4.90 Å². The largest absolute Gasteiger partial charge is 0.355 e. The van der Waals surface area contributed by atoms with Crippen LogP contribution in [-0.4, -0.2) is 40.0 Å². The highest BCUT2D eigenvalue weighted by molar-refractivity contribution is 7.89. The van der Waals surface area contributed by atoms with E-state index in [9.17, 15) is 13.2 Å². The van der Waals surface area contributed by atoms with Crippen molar-refractivity contribution in [1.29, 1.82) is 0 Å². The lowest BCUT2D eigenvalue weighted by molar-refractivity contribution is 0.0963. The Morgan fingerprint density at radius 2 is 1.76 bits per heavy atom. The highest BCUT2D eigenvalue weighted by Gasteiger charge is 2.32. The molecule has 3 N–H and O–H groups in total. The second-order valence-electron chi connectivity index (χ2n) is 5.52. The first kappa shape index (κ1) is 15.9. The number of hydrogen-bond donors (Lipinski definition) is 3. The third kappa shape index (κ3) is 3.81. The van der Waals surface area contributed by atoms with Crippen LogP contribution < -0.4 is 15.4 Å². The molecule has 1 aliphatic rings. The van der Waals surface area contributed by atoms with Crippen molar-refractivity contribution in [3.63, 3.8) is 0 Å². The van der Waals surface area contributed by atoms with Gasteiger partial charge in [0.25, 0.3) is 5.91 Å². The average molecular weight is 311 g/mol. The molecule has 1 aromatic carbocycles. The summed E-state index contributed by atoms with van der Waals surface area (Å²) < 4.78 is 27.6. The average Bonchev–Trinajstić information content (AvgIpc) is 2.46. The minimum atomic E-state index is -3.58. The maximum atomic E-state index is 12.4. The zero-order chi connectivity index (χ0) is 15.5. The molecule has 0 unspecified atom stereocenters. The minimum absolute atomic E-state index is 0.176. The van der Waals surface area contributed by atoms with E-state index in [1.807, 2.05) is 6.92 Å². The molecule has 0 bridgehead atoms. The summed E-state index contributed by atoms with van der Waals surface area (Å²) in [6.07, 6.45) is 1.51. The van der Waals surface area contributed by atoms with Gasteiger partial charge in [0.1, 0.15) is 0 Å². The molecule has 116 valence electrons. The number of piperidine rings is 1. The Morgan fingerprint density at radius 3 is 2.29 bits per heavy atom. The highest BCUT2D eigenvalue weighted by Crippen LogP contribution is 2.21.